The topological polar surface area (TPSA) is 61.7 Å². The van der Waals surface area contributed by atoms with Crippen molar-refractivity contribution in [1.29, 1.82) is 0 Å². The highest BCUT2D eigenvalue weighted by Gasteiger charge is 2.26. The third-order valence-electron chi connectivity index (χ3n) is 2.59. The van der Waals surface area contributed by atoms with Gasteiger partial charge >= 0.3 is 0 Å². The fourth-order valence-electron chi connectivity index (χ4n) is 1.75. The molecule has 0 aromatic heterocycles. The summed E-state index contributed by atoms with van der Waals surface area (Å²) >= 11 is 0. The molecule has 4 heteroatoms. The van der Waals surface area contributed by atoms with Crippen LogP contribution in [0.4, 0.5) is 0 Å². The number of aliphatic hydroxyl groups is 2. The van der Waals surface area contributed by atoms with Crippen LogP contribution in [0.1, 0.15) is 42.3 Å². The number of ether oxygens (including phenoxy) is 1. The van der Waals surface area contributed by atoms with Gasteiger partial charge in [0, 0.05) is 23.5 Å². The molecule has 18 heavy (non-hydrogen) atoms. The standard InChI is InChI=1S/C14H21NO3/c1-18-14-11(9-16)3-2-4-12(14)13(17)10-5-7-15-8-6-10/h2-4,10,13,15-17H,5-9H2,1H3/i5D2,6D2,7D2,8D2,10D. The smallest absolute Gasteiger partial charge is 0.130 e. The van der Waals surface area contributed by atoms with E-state index in [0.29, 0.717) is 0 Å². The van der Waals surface area contributed by atoms with Gasteiger partial charge in [-0.2, -0.15) is 0 Å². The molecule has 1 atom stereocenters. The minimum absolute atomic E-state index is 0.120. The summed E-state index contributed by atoms with van der Waals surface area (Å²) in [6, 6.07) is 4.03. The van der Waals surface area contributed by atoms with Crippen molar-refractivity contribution in [1.82, 2.24) is 5.32 Å². The van der Waals surface area contributed by atoms with Gasteiger partial charge in [-0.1, -0.05) is 18.2 Å². The fraction of sp³-hybridized carbons (Fsp3) is 0.571. The Labute approximate surface area is 120 Å². The largest absolute Gasteiger partial charge is 0.496 e. The highest BCUT2D eigenvalue weighted by Crippen LogP contribution is 2.36. The Morgan fingerprint density at radius 2 is 2.28 bits per heavy atom. The molecule has 0 saturated carbocycles. The number of hydrogen-bond acceptors (Lipinski definition) is 4. The molecule has 4 nitrogen and oxygen atoms in total. The van der Waals surface area contributed by atoms with Gasteiger partial charge in [-0.3, -0.25) is 0 Å². The Hall–Kier alpha value is -1.10. The van der Waals surface area contributed by atoms with Crippen molar-refractivity contribution in [3.05, 3.63) is 29.3 Å². The highest BCUT2D eigenvalue weighted by molar-refractivity contribution is 5.42. The third-order valence-corrected chi connectivity index (χ3v) is 2.59. The molecule has 0 spiro atoms. The number of nitrogens with one attached hydrogen (secondary N) is 1. The molecule has 1 heterocycles. The predicted molar refractivity (Wildman–Crippen MR) is 69.5 cm³/mol. The van der Waals surface area contributed by atoms with E-state index in [1.807, 2.05) is 0 Å². The van der Waals surface area contributed by atoms with Crippen molar-refractivity contribution in [2.24, 2.45) is 5.89 Å². The molecular formula is C14H21NO3. The lowest BCUT2D eigenvalue weighted by molar-refractivity contribution is 0.0861. The number of hydrogen-bond donors (Lipinski definition) is 3. The monoisotopic (exact) mass is 260 g/mol. The van der Waals surface area contributed by atoms with Crippen LogP contribution in [-0.4, -0.2) is 30.3 Å². The van der Waals surface area contributed by atoms with E-state index in [1.165, 1.54) is 25.3 Å². The number of para-hydroxylation sites is 1. The summed E-state index contributed by atoms with van der Waals surface area (Å²) in [6.07, 6.45) is -9.06. The van der Waals surface area contributed by atoms with Gasteiger partial charge in [-0.05, 0) is 31.6 Å². The first kappa shape index (κ1) is 5.90. The summed E-state index contributed by atoms with van der Waals surface area (Å²) in [5.41, 5.74) is -0.0842. The molecule has 1 unspecified atom stereocenters. The van der Waals surface area contributed by atoms with Crippen molar-refractivity contribution in [3.63, 3.8) is 0 Å². The Bertz CT molecular complexity index is 700. The summed E-state index contributed by atoms with van der Waals surface area (Å²) in [7, 11) is 1.20. The summed E-state index contributed by atoms with van der Waals surface area (Å²) in [5, 5.41) is 21.9. The lowest BCUT2D eigenvalue weighted by atomic mass is 9.87. The van der Waals surface area contributed by atoms with Crippen LogP contribution in [0.15, 0.2) is 18.2 Å². The second-order valence-corrected chi connectivity index (χ2v) is 3.64. The zero-order chi connectivity index (χ0) is 21.1. The Morgan fingerprint density at radius 3 is 2.89 bits per heavy atom. The molecule has 2 rings (SSSR count). The van der Waals surface area contributed by atoms with E-state index in [2.05, 4.69) is 0 Å². The highest BCUT2D eigenvalue weighted by atomic mass is 16.5. The SMILES string of the molecule is [2H]C1([2H])NC([2H])([2H])C([2H])([2H])C([2H])(C(O)c2cccc(CO)c2OC)C1([2H])[2H]. The quantitative estimate of drug-likeness (QED) is 0.762. The number of benzene rings is 1. The van der Waals surface area contributed by atoms with E-state index < -0.39 is 44.3 Å². The summed E-state index contributed by atoms with van der Waals surface area (Å²) in [5.74, 6) is -3.44. The molecule has 1 aromatic rings. The van der Waals surface area contributed by atoms with Gasteiger partial charge < -0.3 is 20.3 Å². The van der Waals surface area contributed by atoms with Crippen LogP contribution in [0, 0.1) is 5.89 Å². The number of rotatable bonds is 4. The Morgan fingerprint density at radius 1 is 1.56 bits per heavy atom. The van der Waals surface area contributed by atoms with Crippen molar-refractivity contribution in [2.75, 3.05) is 20.1 Å². The van der Waals surface area contributed by atoms with Crippen LogP contribution in [0.3, 0.4) is 0 Å². The van der Waals surface area contributed by atoms with Gasteiger partial charge in [0.05, 0.1) is 19.8 Å². The zero-order valence-corrected chi connectivity index (χ0v) is 9.82. The van der Waals surface area contributed by atoms with E-state index >= 15 is 0 Å². The lowest BCUT2D eigenvalue weighted by Gasteiger charge is -2.28. The average molecular weight is 260 g/mol. The van der Waals surface area contributed by atoms with Crippen LogP contribution < -0.4 is 10.1 Å². The first-order valence-corrected chi connectivity index (χ1v) is 5.36. The fourth-order valence-corrected chi connectivity index (χ4v) is 1.75. The van der Waals surface area contributed by atoms with Crippen LogP contribution in [0.5, 0.6) is 5.75 Å². The van der Waals surface area contributed by atoms with Crippen LogP contribution in [-0.2, 0) is 6.61 Å². The maximum Gasteiger partial charge on any atom is 0.130 e. The van der Waals surface area contributed by atoms with Gasteiger partial charge in [0.25, 0.3) is 0 Å². The summed E-state index contributed by atoms with van der Waals surface area (Å²) in [4.78, 5) is 0. The molecule has 0 aliphatic carbocycles. The molecule has 3 N–H and O–H groups in total. The predicted octanol–water partition coefficient (Wildman–Crippen LogP) is 1.22. The third kappa shape index (κ3) is 2.66. The maximum absolute atomic E-state index is 10.9. The van der Waals surface area contributed by atoms with Crippen LogP contribution >= 0.6 is 0 Å². The van der Waals surface area contributed by atoms with Gasteiger partial charge in [0.1, 0.15) is 5.75 Å². The van der Waals surface area contributed by atoms with E-state index in [9.17, 15) is 10.2 Å². The molecule has 1 aliphatic heterocycles. The van der Waals surface area contributed by atoms with Gasteiger partial charge in [-0.25, -0.2) is 0 Å². The molecule has 0 bridgehead atoms. The molecule has 1 aliphatic rings. The average Bonchev–Trinajstić information content (AvgIpc) is 2.56. The minimum atomic E-state index is -3.37. The number of methoxy groups -OCH3 is 1. The maximum atomic E-state index is 10.9. The van der Waals surface area contributed by atoms with Crippen molar-refractivity contribution in [3.8, 4) is 5.75 Å². The summed E-state index contributed by atoms with van der Waals surface area (Å²) < 4.78 is 77.4. The second kappa shape index (κ2) is 6.18. The lowest BCUT2D eigenvalue weighted by Crippen LogP contribution is -2.31. The molecule has 1 fully saturated rings. The Kier molecular flexibility index (Phi) is 2.03. The van der Waals surface area contributed by atoms with Crippen molar-refractivity contribution in [2.45, 2.75) is 25.5 Å². The molecule has 0 amide bonds. The van der Waals surface area contributed by atoms with Gasteiger partial charge in [0.15, 0.2) is 0 Å². The molecular weight excluding hydrogens is 230 g/mol. The van der Waals surface area contributed by atoms with E-state index in [1.54, 1.807) is 5.32 Å². The van der Waals surface area contributed by atoms with Gasteiger partial charge in [-0.15, -0.1) is 0 Å². The number of aliphatic hydroxyl groups excluding tert-OH is 2. The van der Waals surface area contributed by atoms with Crippen molar-refractivity contribution < 1.29 is 27.3 Å². The number of piperidine rings is 1. The van der Waals surface area contributed by atoms with E-state index in [4.69, 9.17) is 17.1 Å². The summed E-state index contributed by atoms with van der Waals surface area (Å²) in [6.45, 7) is -6.86. The van der Waals surface area contributed by atoms with Gasteiger partial charge in [0.2, 0.25) is 0 Å². The van der Waals surface area contributed by atoms with E-state index in [0.717, 1.165) is 0 Å². The second-order valence-electron chi connectivity index (χ2n) is 3.64. The first-order chi connectivity index (χ1) is 12.1. The zero-order valence-electron chi connectivity index (χ0n) is 18.8. The van der Waals surface area contributed by atoms with Crippen molar-refractivity contribution >= 4 is 0 Å². The molecule has 1 saturated heterocycles. The Balaban J connectivity index is 2.79. The molecule has 1 aromatic carbocycles. The molecule has 100 valence electrons. The van der Waals surface area contributed by atoms with E-state index in [-0.39, 0.29) is 16.9 Å². The molecule has 0 radical (unpaired) electrons. The first-order valence-electron chi connectivity index (χ1n) is 9.86. The van der Waals surface area contributed by atoms with Crippen LogP contribution in [0.25, 0.3) is 0 Å². The normalized spacial score (nSPS) is 38.9. The van der Waals surface area contributed by atoms with Crippen LogP contribution in [0.2, 0.25) is 0 Å². The minimum Gasteiger partial charge on any atom is -0.496 e.